The summed E-state index contributed by atoms with van der Waals surface area (Å²) in [7, 11) is -3.17. The fraction of sp³-hybridized carbons (Fsp3) is 0.500. The molecule has 8 heteroatoms. The Morgan fingerprint density at radius 2 is 2.11 bits per heavy atom. The Balaban J connectivity index is 0.00000162. The van der Waals surface area contributed by atoms with Crippen molar-refractivity contribution in [2.75, 3.05) is 0 Å². The largest absolute Gasteiger partial charge is 1.00 e. The zero-order valence-corrected chi connectivity index (χ0v) is 13.9. The van der Waals surface area contributed by atoms with Gasteiger partial charge in [-0.25, -0.2) is 18.4 Å². The number of aromatic nitrogens is 2. The molecule has 0 radical (unpaired) electrons. The predicted octanol–water partition coefficient (Wildman–Crippen LogP) is -4.15. The van der Waals surface area contributed by atoms with Crippen molar-refractivity contribution in [3.05, 3.63) is 23.8 Å². The topological polar surface area (TPSA) is 100 Å². The van der Waals surface area contributed by atoms with Gasteiger partial charge in [0, 0.05) is 24.3 Å². The Morgan fingerprint density at radius 3 is 2.67 bits per heavy atom. The molecule has 1 saturated carbocycles. The van der Waals surface area contributed by atoms with E-state index in [1.54, 1.807) is 0 Å². The molecule has 1 aliphatic carbocycles. The third-order valence-corrected chi connectivity index (χ3v) is 4.60. The number of carbonyl (C=O) groups excluding carboxylic acids is 1. The zero-order valence-electron chi connectivity index (χ0n) is 10.00. The molecule has 0 atom stereocenters. The van der Waals surface area contributed by atoms with E-state index < -0.39 is 15.8 Å². The van der Waals surface area contributed by atoms with Gasteiger partial charge in [-0.05, 0) is 18.9 Å². The summed E-state index contributed by atoms with van der Waals surface area (Å²) >= 11 is 0. The van der Waals surface area contributed by atoms with Crippen molar-refractivity contribution in [1.82, 2.24) is 9.97 Å². The van der Waals surface area contributed by atoms with Gasteiger partial charge >= 0.3 is 51.4 Å². The second-order valence-corrected chi connectivity index (χ2v) is 6.30. The smallest absolute Gasteiger partial charge is 0.550 e. The zero-order chi connectivity index (χ0) is 12.5. The first kappa shape index (κ1) is 16.2. The van der Waals surface area contributed by atoms with E-state index in [9.17, 15) is 18.3 Å². The third-order valence-electron chi connectivity index (χ3n) is 2.45. The van der Waals surface area contributed by atoms with E-state index in [1.165, 1.54) is 12.3 Å². The van der Waals surface area contributed by atoms with Crippen molar-refractivity contribution >= 4 is 15.8 Å². The van der Waals surface area contributed by atoms with Gasteiger partial charge in [-0.2, -0.15) is 0 Å². The first-order chi connectivity index (χ1) is 7.97. The maximum absolute atomic E-state index is 11.7. The molecular formula is C10H11KN2O4S. The van der Waals surface area contributed by atoms with Crippen molar-refractivity contribution in [2.45, 2.75) is 30.3 Å². The number of sulfone groups is 1. The number of rotatable bonds is 5. The van der Waals surface area contributed by atoms with Gasteiger partial charge in [-0.3, -0.25) is 0 Å². The van der Waals surface area contributed by atoms with E-state index in [4.69, 9.17) is 0 Å². The second kappa shape index (κ2) is 6.53. The average Bonchev–Trinajstić information content (AvgIpc) is 2.98. The fourth-order valence-electron chi connectivity index (χ4n) is 1.48. The maximum Gasteiger partial charge on any atom is 1.00 e. The van der Waals surface area contributed by atoms with Crippen molar-refractivity contribution in [3.63, 3.8) is 0 Å². The van der Waals surface area contributed by atoms with Gasteiger partial charge in [0.2, 0.25) is 0 Å². The van der Waals surface area contributed by atoms with E-state index in [2.05, 4.69) is 9.97 Å². The molecule has 0 aromatic carbocycles. The molecule has 92 valence electrons. The second-order valence-electron chi connectivity index (χ2n) is 4.02. The van der Waals surface area contributed by atoms with Crippen LogP contribution in [0, 0.1) is 0 Å². The van der Waals surface area contributed by atoms with Gasteiger partial charge in [0.05, 0.1) is 5.25 Å². The number of carboxylic acids is 1. The van der Waals surface area contributed by atoms with Crippen molar-refractivity contribution in [2.24, 2.45) is 0 Å². The molecule has 18 heavy (non-hydrogen) atoms. The number of nitrogens with zero attached hydrogens (tertiary/aromatic N) is 2. The summed E-state index contributed by atoms with van der Waals surface area (Å²) in [5.41, 5.74) is 0.265. The molecule has 1 aromatic rings. The van der Waals surface area contributed by atoms with Gasteiger partial charge in [0.15, 0.2) is 9.84 Å². The van der Waals surface area contributed by atoms with Crippen molar-refractivity contribution < 1.29 is 69.7 Å². The number of hydrogen-bond acceptors (Lipinski definition) is 6. The molecule has 1 heterocycles. The first-order valence-electron chi connectivity index (χ1n) is 5.19. The van der Waals surface area contributed by atoms with E-state index in [1.807, 2.05) is 0 Å². The predicted molar refractivity (Wildman–Crippen MR) is 56.4 cm³/mol. The van der Waals surface area contributed by atoms with Crippen molar-refractivity contribution in [3.8, 4) is 0 Å². The normalized spacial score (nSPS) is 14.9. The third kappa shape index (κ3) is 4.67. The molecule has 0 bridgehead atoms. The standard InChI is InChI=1S/C10H12N2O4S.K/c13-10(14)5-7-3-4-11-9(12-7)6-17(15,16)8-1-2-8;/h3-4,8H,1-2,5-6H2,(H,13,14);/q;+1/p-1. The summed E-state index contributed by atoms with van der Waals surface area (Å²) in [6.45, 7) is 0. The number of carboxylic acid groups (broad SMARTS) is 1. The summed E-state index contributed by atoms with van der Waals surface area (Å²) in [5, 5.41) is 10.1. The quantitative estimate of drug-likeness (QED) is 0.511. The molecule has 0 unspecified atom stereocenters. The number of carbonyl (C=O) groups is 1. The summed E-state index contributed by atoms with van der Waals surface area (Å²) in [6, 6.07) is 1.43. The van der Waals surface area contributed by atoms with Crippen LogP contribution in [-0.2, 0) is 26.8 Å². The molecular weight excluding hydrogens is 283 g/mol. The summed E-state index contributed by atoms with van der Waals surface area (Å²) in [6.07, 6.45) is 2.42. The van der Waals surface area contributed by atoms with Crippen LogP contribution in [0.4, 0.5) is 0 Å². The Bertz CT molecular complexity index is 543. The maximum atomic E-state index is 11.7. The Kier molecular flexibility index (Phi) is 5.88. The molecule has 0 aliphatic heterocycles. The van der Waals surface area contributed by atoms with Crippen LogP contribution < -0.4 is 56.5 Å². The van der Waals surface area contributed by atoms with Crippen LogP contribution in [0.25, 0.3) is 0 Å². The molecule has 0 amide bonds. The van der Waals surface area contributed by atoms with Gasteiger partial charge in [0.1, 0.15) is 11.6 Å². The molecule has 6 nitrogen and oxygen atoms in total. The van der Waals surface area contributed by atoms with E-state index >= 15 is 0 Å². The van der Waals surface area contributed by atoms with Gasteiger partial charge < -0.3 is 9.90 Å². The molecule has 1 fully saturated rings. The Hall–Kier alpha value is 0.136. The molecule has 0 N–H and O–H groups in total. The summed E-state index contributed by atoms with van der Waals surface area (Å²) in [4.78, 5) is 18.1. The fourth-order valence-corrected chi connectivity index (χ4v) is 3.07. The monoisotopic (exact) mass is 294 g/mol. The van der Waals surface area contributed by atoms with Gasteiger partial charge in [-0.15, -0.1) is 0 Å². The van der Waals surface area contributed by atoms with Crippen LogP contribution in [0.5, 0.6) is 0 Å². The molecule has 1 aliphatic rings. The van der Waals surface area contributed by atoms with Crippen LogP contribution in [0.1, 0.15) is 24.4 Å². The van der Waals surface area contributed by atoms with E-state index in [0.717, 1.165) is 0 Å². The van der Waals surface area contributed by atoms with E-state index in [-0.39, 0.29) is 80.3 Å². The van der Waals surface area contributed by atoms with Crippen molar-refractivity contribution in [1.29, 1.82) is 0 Å². The Morgan fingerprint density at radius 1 is 1.44 bits per heavy atom. The summed E-state index contributed by atoms with van der Waals surface area (Å²) < 4.78 is 23.4. The molecule has 0 saturated heterocycles. The SMILES string of the molecule is O=C([O-])Cc1ccnc(CS(=O)(=O)C2CC2)n1.[K+]. The van der Waals surface area contributed by atoms with Crippen LogP contribution >= 0.6 is 0 Å². The van der Waals surface area contributed by atoms with E-state index in [0.29, 0.717) is 12.8 Å². The number of aliphatic carboxylic acids is 1. The van der Waals surface area contributed by atoms with Crippen LogP contribution in [0.15, 0.2) is 12.3 Å². The number of hydrogen-bond donors (Lipinski definition) is 0. The van der Waals surface area contributed by atoms with Crippen LogP contribution in [0.2, 0.25) is 0 Å². The van der Waals surface area contributed by atoms with Crippen LogP contribution in [0.3, 0.4) is 0 Å². The molecule has 2 rings (SSSR count). The average molecular weight is 294 g/mol. The molecule has 0 spiro atoms. The summed E-state index contributed by atoms with van der Waals surface area (Å²) in [5.74, 6) is -1.33. The minimum absolute atomic E-state index is 0. The Labute approximate surface area is 148 Å². The van der Waals surface area contributed by atoms with Gasteiger partial charge in [-0.1, -0.05) is 0 Å². The minimum atomic E-state index is -3.17. The molecule has 1 aromatic heterocycles. The first-order valence-corrected chi connectivity index (χ1v) is 6.91. The van der Waals surface area contributed by atoms with Gasteiger partial charge in [0.25, 0.3) is 0 Å². The minimum Gasteiger partial charge on any atom is -0.550 e. The van der Waals surface area contributed by atoms with Crippen LogP contribution in [-0.4, -0.2) is 29.6 Å².